The van der Waals surface area contributed by atoms with Crippen LogP contribution in [0.2, 0.25) is 0 Å². The van der Waals surface area contributed by atoms with E-state index in [1.807, 2.05) is 53.4 Å². The number of ether oxygens (including phenoxy) is 1. The molecule has 0 radical (unpaired) electrons. The van der Waals surface area contributed by atoms with Gasteiger partial charge in [-0.3, -0.25) is 9.59 Å². The lowest BCUT2D eigenvalue weighted by molar-refractivity contribution is -0.145. The second-order valence-electron chi connectivity index (χ2n) is 9.20. The lowest BCUT2D eigenvalue weighted by Gasteiger charge is -2.38. The maximum Gasteiger partial charge on any atom is 0.249 e. The van der Waals surface area contributed by atoms with E-state index in [-0.39, 0.29) is 37.6 Å². The molecule has 3 heterocycles. The van der Waals surface area contributed by atoms with Crippen molar-refractivity contribution in [2.45, 2.75) is 32.5 Å². The topological polar surface area (TPSA) is 63.0 Å². The molecule has 1 unspecified atom stereocenters. The Hall–Kier alpha value is -3.68. The molecule has 1 atom stereocenters. The number of hydrogen-bond donors (Lipinski definition) is 0. The van der Waals surface area contributed by atoms with Gasteiger partial charge in [-0.05, 0) is 59.2 Å². The lowest BCUT2D eigenvalue weighted by atomic mass is 9.90. The third kappa shape index (κ3) is 5.84. The van der Waals surface area contributed by atoms with Crippen molar-refractivity contribution < 1.29 is 18.7 Å². The van der Waals surface area contributed by atoms with Crippen LogP contribution in [0, 0.1) is 6.92 Å². The number of thiophene rings is 1. The first-order chi connectivity index (χ1) is 18.1. The fraction of sp³-hybridized carbons (Fsp3) is 0.267. The van der Waals surface area contributed by atoms with Crippen LogP contribution in [0.4, 0.5) is 0 Å². The Morgan fingerprint density at radius 3 is 2.62 bits per heavy atom. The van der Waals surface area contributed by atoms with Crippen molar-refractivity contribution >= 4 is 23.2 Å². The van der Waals surface area contributed by atoms with E-state index in [4.69, 9.17) is 9.15 Å². The third-order valence-corrected chi connectivity index (χ3v) is 7.71. The maximum absolute atomic E-state index is 13.8. The molecule has 0 saturated heterocycles. The maximum atomic E-state index is 13.8. The number of hydrogen-bond acceptors (Lipinski definition) is 5. The van der Waals surface area contributed by atoms with Crippen molar-refractivity contribution in [1.29, 1.82) is 0 Å². The zero-order chi connectivity index (χ0) is 25.6. The van der Waals surface area contributed by atoms with Gasteiger partial charge in [-0.15, -0.1) is 11.3 Å². The smallest absolute Gasteiger partial charge is 0.249 e. The second kappa shape index (κ2) is 11.6. The predicted molar refractivity (Wildman–Crippen MR) is 143 cm³/mol. The third-order valence-electron chi connectivity index (χ3n) is 6.71. The summed E-state index contributed by atoms with van der Waals surface area (Å²) in [6.07, 6.45) is 2.39. The number of nitrogens with zero attached hydrogens (tertiary/aromatic N) is 2. The van der Waals surface area contributed by atoms with Gasteiger partial charge in [0.2, 0.25) is 11.8 Å². The highest BCUT2D eigenvalue weighted by atomic mass is 32.1. The summed E-state index contributed by atoms with van der Waals surface area (Å²) in [5.41, 5.74) is 4.42. The summed E-state index contributed by atoms with van der Waals surface area (Å²) in [4.78, 5) is 31.8. The van der Waals surface area contributed by atoms with Crippen molar-refractivity contribution in [2.75, 3.05) is 19.7 Å². The Balaban J connectivity index is 1.34. The molecule has 6 nitrogen and oxygen atoms in total. The van der Waals surface area contributed by atoms with Gasteiger partial charge in [0.05, 0.1) is 25.5 Å². The van der Waals surface area contributed by atoms with E-state index in [0.29, 0.717) is 18.9 Å². The molecule has 0 saturated carbocycles. The molecule has 2 aromatic carbocycles. The minimum atomic E-state index is -0.249. The number of fused-ring (bicyclic) bond motifs is 1. The van der Waals surface area contributed by atoms with Gasteiger partial charge in [-0.25, -0.2) is 0 Å². The molecule has 7 heteroatoms. The minimum absolute atomic E-state index is 0.0456. The largest absolute Gasteiger partial charge is 0.467 e. The predicted octanol–water partition coefficient (Wildman–Crippen LogP) is 5.37. The molecule has 1 aliphatic rings. The number of aryl methyl sites for hydroxylation is 1. The number of amides is 2. The number of rotatable bonds is 9. The van der Waals surface area contributed by atoms with Gasteiger partial charge in [-0.1, -0.05) is 54.6 Å². The molecule has 4 aromatic rings. The Bertz CT molecular complexity index is 1330. The quantitative estimate of drug-likeness (QED) is 0.301. The normalized spacial score (nSPS) is 14.8. The minimum Gasteiger partial charge on any atom is -0.467 e. The zero-order valence-electron chi connectivity index (χ0n) is 20.8. The van der Waals surface area contributed by atoms with Crippen molar-refractivity contribution in [3.05, 3.63) is 117 Å². The highest BCUT2D eigenvalue weighted by Gasteiger charge is 2.34. The van der Waals surface area contributed by atoms with Crippen LogP contribution in [0.1, 0.15) is 38.9 Å². The Kier molecular flexibility index (Phi) is 7.82. The zero-order valence-corrected chi connectivity index (χ0v) is 21.7. The van der Waals surface area contributed by atoms with Gasteiger partial charge in [0.15, 0.2) is 0 Å². The van der Waals surface area contributed by atoms with E-state index in [2.05, 4.69) is 30.5 Å². The SMILES string of the molecule is Cc1ccccc1C1c2ccsc2CCN1C(=O)CN(Cc1ccco1)C(=O)COCc1ccccc1. The first kappa shape index (κ1) is 25.0. The summed E-state index contributed by atoms with van der Waals surface area (Å²) in [5.74, 6) is 0.285. The van der Waals surface area contributed by atoms with Crippen LogP contribution >= 0.6 is 11.3 Å². The van der Waals surface area contributed by atoms with Gasteiger partial charge >= 0.3 is 0 Å². The number of carbonyl (C=O) groups is 2. The van der Waals surface area contributed by atoms with Crippen LogP contribution in [0.3, 0.4) is 0 Å². The van der Waals surface area contributed by atoms with Crippen LogP contribution in [-0.4, -0.2) is 41.3 Å². The summed E-state index contributed by atoms with van der Waals surface area (Å²) in [6.45, 7) is 3.07. The number of benzene rings is 2. The molecular weight excluding hydrogens is 484 g/mol. The van der Waals surface area contributed by atoms with Gasteiger partial charge in [0.1, 0.15) is 18.9 Å². The Morgan fingerprint density at radius 1 is 1.03 bits per heavy atom. The average Bonchev–Trinajstić information content (AvgIpc) is 3.61. The highest BCUT2D eigenvalue weighted by molar-refractivity contribution is 7.10. The van der Waals surface area contributed by atoms with E-state index < -0.39 is 0 Å². The molecule has 0 aliphatic carbocycles. The van der Waals surface area contributed by atoms with Crippen molar-refractivity contribution in [2.24, 2.45) is 0 Å². The summed E-state index contributed by atoms with van der Waals surface area (Å²) in [5, 5.41) is 2.10. The van der Waals surface area contributed by atoms with Crippen molar-refractivity contribution in [1.82, 2.24) is 9.80 Å². The second-order valence-corrected chi connectivity index (χ2v) is 10.2. The number of carbonyl (C=O) groups excluding carboxylic acids is 2. The molecule has 2 amide bonds. The van der Waals surface area contributed by atoms with Crippen molar-refractivity contribution in [3.8, 4) is 0 Å². The van der Waals surface area contributed by atoms with E-state index in [9.17, 15) is 9.59 Å². The van der Waals surface area contributed by atoms with E-state index in [1.165, 1.54) is 15.3 Å². The monoisotopic (exact) mass is 514 g/mol. The molecule has 2 aromatic heterocycles. The molecule has 0 fully saturated rings. The van der Waals surface area contributed by atoms with E-state index >= 15 is 0 Å². The fourth-order valence-electron chi connectivity index (χ4n) is 4.81. The van der Waals surface area contributed by atoms with Crippen molar-refractivity contribution in [3.63, 3.8) is 0 Å². The van der Waals surface area contributed by atoms with Gasteiger partial charge in [0.25, 0.3) is 0 Å². The fourth-order valence-corrected chi connectivity index (χ4v) is 5.72. The standard InChI is InChI=1S/C30H30N2O4S/c1-22-8-5-6-12-25(22)30-26-14-17-37-27(26)13-15-32(30)28(33)19-31(18-24-11-7-16-36-24)29(34)21-35-20-23-9-3-2-4-10-23/h2-12,14,16-17,30H,13,15,18-21H2,1H3. The summed E-state index contributed by atoms with van der Waals surface area (Å²) in [7, 11) is 0. The van der Waals surface area contributed by atoms with E-state index in [1.54, 1.807) is 23.7 Å². The molecular formula is C30H30N2O4S. The lowest BCUT2D eigenvalue weighted by Crippen LogP contribution is -2.47. The average molecular weight is 515 g/mol. The van der Waals surface area contributed by atoms with Crippen LogP contribution in [0.25, 0.3) is 0 Å². The van der Waals surface area contributed by atoms with Gasteiger partial charge < -0.3 is 19.0 Å². The molecule has 1 aliphatic heterocycles. The summed E-state index contributed by atoms with van der Waals surface area (Å²) in [6, 6.07) is 23.5. The first-order valence-corrected chi connectivity index (χ1v) is 13.3. The molecule has 0 spiro atoms. The van der Waals surface area contributed by atoms with Gasteiger partial charge in [0, 0.05) is 11.4 Å². The highest BCUT2D eigenvalue weighted by Crippen LogP contribution is 2.39. The molecule has 37 heavy (non-hydrogen) atoms. The van der Waals surface area contributed by atoms with Crippen LogP contribution in [0.5, 0.6) is 0 Å². The number of furan rings is 1. The van der Waals surface area contributed by atoms with Crippen LogP contribution < -0.4 is 0 Å². The van der Waals surface area contributed by atoms with Crippen LogP contribution in [0.15, 0.2) is 88.9 Å². The summed E-state index contributed by atoms with van der Waals surface area (Å²) < 4.78 is 11.2. The first-order valence-electron chi connectivity index (χ1n) is 12.4. The Morgan fingerprint density at radius 2 is 1.84 bits per heavy atom. The van der Waals surface area contributed by atoms with E-state index in [0.717, 1.165) is 23.1 Å². The molecule has 190 valence electrons. The van der Waals surface area contributed by atoms with Gasteiger partial charge in [-0.2, -0.15) is 0 Å². The molecule has 5 rings (SSSR count). The van der Waals surface area contributed by atoms with Crippen LogP contribution in [-0.2, 0) is 33.9 Å². The molecule has 0 bridgehead atoms. The molecule has 0 N–H and O–H groups in total. The Labute approximate surface area is 221 Å². The summed E-state index contributed by atoms with van der Waals surface area (Å²) >= 11 is 1.74.